The summed E-state index contributed by atoms with van der Waals surface area (Å²) in [4.78, 5) is 26.9. The van der Waals surface area contributed by atoms with Gasteiger partial charge in [0.15, 0.2) is 0 Å². The van der Waals surface area contributed by atoms with E-state index in [1.807, 2.05) is 6.07 Å². The predicted molar refractivity (Wildman–Crippen MR) is 76.7 cm³/mol. The Morgan fingerprint density at radius 3 is 2.67 bits per heavy atom. The van der Waals surface area contributed by atoms with Crippen LogP contribution in [0.5, 0.6) is 0 Å². The fourth-order valence-corrected chi connectivity index (χ4v) is 1.99. The van der Waals surface area contributed by atoms with Gasteiger partial charge in [0.25, 0.3) is 0 Å². The van der Waals surface area contributed by atoms with E-state index in [1.54, 1.807) is 47.6 Å². The van der Waals surface area contributed by atoms with Gasteiger partial charge < -0.3 is 15.0 Å². The number of benzene rings is 1. The Morgan fingerprint density at radius 1 is 1.29 bits per heavy atom. The Kier molecular flexibility index (Phi) is 5.09. The molecule has 6 heteroatoms. The number of hydrogen-bond acceptors (Lipinski definition) is 3. The molecule has 1 aromatic carbocycles. The van der Waals surface area contributed by atoms with Crippen molar-refractivity contribution in [3.8, 4) is 0 Å². The van der Waals surface area contributed by atoms with Crippen LogP contribution >= 0.6 is 0 Å². The fourth-order valence-electron chi connectivity index (χ4n) is 1.99. The van der Waals surface area contributed by atoms with E-state index in [2.05, 4.69) is 10.3 Å². The molecule has 0 aliphatic rings. The highest BCUT2D eigenvalue weighted by molar-refractivity contribution is 5.79. The van der Waals surface area contributed by atoms with Gasteiger partial charge in [-0.25, -0.2) is 4.98 Å². The third-order valence-corrected chi connectivity index (χ3v) is 3.16. The standard InChI is InChI=1S/C15H17N3O3/c19-14(6-8-18-9-7-16-11-18)17-10-13(15(20)21)12-4-2-1-3-5-12/h1-5,7,9,11,13H,6,8,10H2,(H,17,19)(H,20,21). The lowest BCUT2D eigenvalue weighted by Gasteiger charge is -2.13. The average molecular weight is 287 g/mol. The topological polar surface area (TPSA) is 84.2 Å². The molecule has 0 radical (unpaired) electrons. The van der Waals surface area contributed by atoms with Crippen LogP contribution in [0.25, 0.3) is 0 Å². The molecule has 1 amide bonds. The summed E-state index contributed by atoms with van der Waals surface area (Å²) in [6, 6.07) is 8.89. The highest BCUT2D eigenvalue weighted by Crippen LogP contribution is 2.14. The van der Waals surface area contributed by atoms with Crippen LogP contribution in [0.1, 0.15) is 17.9 Å². The molecule has 0 aliphatic carbocycles. The van der Waals surface area contributed by atoms with Crippen molar-refractivity contribution in [2.45, 2.75) is 18.9 Å². The SMILES string of the molecule is O=C(CCn1ccnc1)NCC(C(=O)O)c1ccccc1. The van der Waals surface area contributed by atoms with E-state index in [9.17, 15) is 14.7 Å². The van der Waals surface area contributed by atoms with E-state index >= 15 is 0 Å². The van der Waals surface area contributed by atoms with Crippen LogP contribution in [0, 0.1) is 0 Å². The Balaban J connectivity index is 1.84. The maximum atomic E-state index is 11.8. The van der Waals surface area contributed by atoms with Gasteiger partial charge in [0, 0.05) is 31.9 Å². The maximum absolute atomic E-state index is 11.8. The van der Waals surface area contributed by atoms with Gasteiger partial charge >= 0.3 is 5.97 Å². The second-order valence-corrected chi connectivity index (χ2v) is 4.66. The van der Waals surface area contributed by atoms with E-state index in [0.717, 1.165) is 0 Å². The predicted octanol–water partition coefficient (Wildman–Crippen LogP) is 1.26. The number of imidazole rings is 1. The quantitative estimate of drug-likeness (QED) is 0.803. The molecule has 21 heavy (non-hydrogen) atoms. The van der Waals surface area contributed by atoms with Crippen molar-refractivity contribution in [1.82, 2.24) is 14.9 Å². The molecule has 1 heterocycles. The van der Waals surface area contributed by atoms with Gasteiger partial charge in [-0.05, 0) is 5.56 Å². The van der Waals surface area contributed by atoms with Crippen LogP contribution in [0.2, 0.25) is 0 Å². The number of hydrogen-bond donors (Lipinski definition) is 2. The van der Waals surface area contributed by atoms with E-state index in [-0.39, 0.29) is 18.9 Å². The zero-order chi connectivity index (χ0) is 15.1. The molecular formula is C15H17N3O3. The highest BCUT2D eigenvalue weighted by Gasteiger charge is 2.20. The van der Waals surface area contributed by atoms with Crippen molar-refractivity contribution < 1.29 is 14.7 Å². The summed E-state index contributed by atoms with van der Waals surface area (Å²) >= 11 is 0. The van der Waals surface area contributed by atoms with Crippen molar-refractivity contribution in [3.05, 3.63) is 54.6 Å². The number of nitrogens with one attached hydrogen (secondary N) is 1. The summed E-state index contributed by atoms with van der Waals surface area (Å²) < 4.78 is 1.80. The number of aliphatic carboxylic acids is 1. The number of carbonyl (C=O) groups excluding carboxylic acids is 1. The molecule has 0 spiro atoms. The van der Waals surface area contributed by atoms with Gasteiger partial charge in [-0.1, -0.05) is 30.3 Å². The van der Waals surface area contributed by atoms with E-state index < -0.39 is 11.9 Å². The third-order valence-electron chi connectivity index (χ3n) is 3.16. The summed E-state index contributed by atoms with van der Waals surface area (Å²) in [6.45, 7) is 0.608. The minimum absolute atomic E-state index is 0.0854. The normalized spacial score (nSPS) is 11.8. The Bertz CT molecular complexity index is 581. The van der Waals surface area contributed by atoms with Crippen molar-refractivity contribution in [1.29, 1.82) is 0 Å². The number of carbonyl (C=O) groups is 2. The molecule has 0 bridgehead atoms. The summed E-state index contributed by atoms with van der Waals surface area (Å²) in [5, 5.41) is 11.9. The zero-order valence-corrected chi connectivity index (χ0v) is 11.5. The van der Waals surface area contributed by atoms with Crippen molar-refractivity contribution >= 4 is 11.9 Å². The Morgan fingerprint density at radius 2 is 2.05 bits per heavy atom. The highest BCUT2D eigenvalue weighted by atomic mass is 16.4. The molecule has 2 N–H and O–H groups in total. The molecule has 0 aliphatic heterocycles. The molecule has 0 fully saturated rings. The lowest BCUT2D eigenvalue weighted by molar-refractivity contribution is -0.138. The molecule has 6 nitrogen and oxygen atoms in total. The fraction of sp³-hybridized carbons (Fsp3) is 0.267. The molecular weight excluding hydrogens is 270 g/mol. The number of nitrogens with zero attached hydrogens (tertiary/aromatic N) is 2. The second kappa shape index (κ2) is 7.23. The van der Waals surface area contributed by atoms with E-state index in [1.165, 1.54) is 0 Å². The molecule has 1 atom stereocenters. The Labute approximate surface area is 122 Å². The molecule has 0 saturated carbocycles. The Hall–Kier alpha value is -2.63. The largest absolute Gasteiger partial charge is 0.481 e. The third kappa shape index (κ3) is 4.45. The van der Waals surface area contributed by atoms with Gasteiger partial charge in [-0.3, -0.25) is 9.59 Å². The maximum Gasteiger partial charge on any atom is 0.312 e. The summed E-state index contributed by atoms with van der Waals surface area (Å²) in [7, 11) is 0. The van der Waals surface area contributed by atoms with Gasteiger partial charge in [0.2, 0.25) is 5.91 Å². The van der Waals surface area contributed by atoms with Gasteiger partial charge in [0.05, 0.1) is 12.2 Å². The van der Waals surface area contributed by atoms with Crippen molar-refractivity contribution in [2.75, 3.05) is 6.54 Å². The van der Waals surface area contributed by atoms with Crippen LogP contribution in [0.4, 0.5) is 0 Å². The summed E-state index contributed by atoms with van der Waals surface area (Å²) in [5.74, 6) is -1.86. The van der Waals surface area contributed by atoms with E-state index in [4.69, 9.17) is 0 Å². The number of carboxylic acids is 1. The van der Waals surface area contributed by atoms with Crippen LogP contribution in [-0.4, -0.2) is 33.1 Å². The van der Waals surface area contributed by atoms with E-state index in [0.29, 0.717) is 12.1 Å². The van der Waals surface area contributed by atoms with Crippen molar-refractivity contribution in [3.63, 3.8) is 0 Å². The summed E-state index contributed by atoms with van der Waals surface area (Å²) in [5.41, 5.74) is 0.680. The number of carboxylic acid groups (broad SMARTS) is 1. The molecule has 110 valence electrons. The first-order valence-electron chi connectivity index (χ1n) is 6.67. The van der Waals surface area contributed by atoms with Crippen LogP contribution in [0.15, 0.2) is 49.1 Å². The first kappa shape index (κ1) is 14.8. The smallest absolute Gasteiger partial charge is 0.312 e. The second-order valence-electron chi connectivity index (χ2n) is 4.66. The molecule has 2 rings (SSSR count). The lowest BCUT2D eigenvalue weighted by Crippen LogP contribution is -2.32. The first-order chi connectivity index (χ1) is 10.2. The number of amides is 1. The zero-order valence-electron chi connectivity index (χ0n) is 11.5. The molecule has 0 saturated heterocycles. The van der Waals surface area contributed by atoms with Crippen molar-refractivity contribution in [2.24, 2.45) is 0 Å². The molecule has 2 aromatic rings. The lowest BCUT2D eigenvalue weighted by atomic mass is 9.99. The van der Waals surface area contributed by atoms with Crippen LogP contribution < -0.4 is 5.32 Å². The molecule has 1 aromatic heterocycles. The van der Waals surface area contributed by atoms with Gasteiger partial charge in [-0.15, -0.1) is 0 Å². The minimum atomic E-state index is -0.948. The van der Waals surface area contributed by atoms with Crippen LogP contribution in [0.3, 0.4) is 0 Å². The molecule has 1 unspecified atom stereocenters. The number of aryl methyl sites for hydroxylation is 1. The monoisotopic (exact) mass is 287 g/mol. The van der Waals surface area contributed by atoms with Gasteiger partial charge in [0.1, 0.15) is 0 Å². The first-order valence-corrected chi connectivity index (χ1v) is 6.67. The minimum Gasteiger partial charge on any atom is -0.481 e. The average Bonchev–Trinajstić information content (AvgIpc) is 2.99. The summed E-state index contributed by atoms with van der Waals surface area (Å²) in [6.07, 6.45) is 5.35. The van der Waals surface area contributed by atoms with Gasteiger partial charge in [-0.2, -0.15) is 0 Å². The van der Waals surface area contributed by atoms with Crippen LogP contribution in [-0.2, 0) is 16.1 Å². The number of aromatic nitrogens is 2. The number of rotatable bonds is 7.